The summed E-state index contributed by atoms with van der Waals surface area (Å²) in [5, 5.41) is 4.25. The van der Waals surface area contributed by atoms with Crippen molar-refractivity contribution in [3.63, 3.8) is 0 Å². The SMILES string of the molecule is Cc1ccc(NC2=C(c3ccc(Cl)cc3)C(=O)N(Cc3ccccc3)C2=O)cc1Cl. The van der Waals surface area contributed by atoms with Gasteiger partial charge in [-0.15, -0.1) is 0 Å². The van der Waals surface area contributed by atoms with E-state index in [1.165, 1.54) is 4.90 Å². The number of nitrogens with zero attached hydrogens (tertiary/aromatic N) is 1. The van der Waals surface area contributed by atoms with Gasteiger partial charge in [-0.1, -0.05) is 71.7 Å². The third-order valence-corrected chi connectivity index (χ3v) is 5.58. The fourth-order valence-corrected chi connectivity index (χ4v) is 3.61. The molecule has 1 aliphatic rings. The number of imide groups is 1. The summed E-state index contributed by atoms with van der Waals surface area (Å²) in [6.07, 6.45) is 0. The first-order chi connectivity index (χ1) is 14.4. The fourth-order valence-electron chi connectivity index (χ4n) is 3.30. The van der Waals surface area contributed by atoms with Crippen molar-refractivity contribution in [3.8, 4) is 0 Å². The van der Waals surface area contributed by atoms with Gasteiger partial charge in [0.05, 0.1) is 12.1 Å². The van der Waals surface area contributed by atoms with Gasteiger partial charge < -0.3 is 5.32 Å². The van der Waals surface area contributed by atoms with Gasteiger partial charge in [0.25, 0.3) is 11.8 Å². The molecule has 6 heteroatoms. The Labute approximate surface area is 184 Å². The Morgan fingerprint density at radius 1 is 0.867 bits per heavy atom. The second kappa shape index (κ2) is 8.34. The Hall–Kier alpha value is -3.08. The summed E-state index contributed by atoms with van der Waals surface area (Å²) in [6.45, 7) is 2.09. The summed E-state index contributed by atoms with van der Waals surface area (Å²) in [5.41, 5.74) is 3.58. The van der Waals surface area contributed by atoms with Crippen LogP contribution in [0, 0.1) is 6.92 Å². The highest BCUT2D eigenvalue weighted by atomic mass is 35.5. The molecule has 0 radical (unpaired) electrons. The minimum atomic E-state index is -0.384. The highest BCUT2D eigenvalue weighted by Gasteiger charge is 2.39. The summed E-state index contributed by atoms with van der Waals surface area (Å²) in [6, 6.07) is 21.7. The van der Waals surface area contributed by atoms with Gasteiger partial charge in [0.15, 0.2) is 0 Å². The van der Waals surface area contributed by atoms with E-state index >= 15 is 0 Å². The molecule has 4 rings (SSSR count). The molecule has 0 spiro atoms. The molecule has 3 aromatic rings. The van der Waals surface area contributed by atoms with Crippen LogP contribution in [0.4, 0.5) is 5.69 Å². The average Bonchev–Trinajstić information content (AvgIpc) is 2.96. The Morgan fingerprint density at radius 3 is 2.23 bits per heavy atom. The quantitative estimate of drug-likeness (QED) is 0.522. The molecule has 150 valence electrons. The Morgan fingerprint density at radius 2 is 1.57 bits per heavy atom. The van der Waals surface area contributed by atoms with Crippen LogP contribution in [0.5, 0.6) is 0 Å². The van der Waals surface area contributed by atoms with Crippen molar-refractivity contribution in [2.45, 2.75) is 13.5 Å². The second-order valence-corrected chi connectivity index (χ2v) is 7.87. The van der Waals surface area contributed by atoms with Crippen molar-refractivity contribution >= 4 is 46.3 Å². The number of benzene rings is 3. The zero-order chi connectivity index (χ0) is 21.3. The lowest BCUT2D eigenvalue weighted by Crippen LogP contribution is -2.31. The van der Waals surface area contributed by atoms with E-state index in [9.17, 15) is 9.59 Å². The second-order valence-electron chi connectivity index (χ2n) is 7.03. The number of nitrogens with one attached hydrogen (secondary N) is 1. The molecule has 0 unspecified atom stereocenters. The number of amides is 2. The number of carbonyl (C=O) groups excluding carboxylic acids is 2. The number of carbonyl (C=O) groups is 2. The highest BCUT2D eigenvalue weighted by Crippen LogP contribution is 2.32. The number of aryl methyl sites for hydroxylation is 1. The molecule has 0 bridgehead atoms. The van der Waals surface area contributed by atoms with E-state index < -0.39 is 0 Å². The monoisotopic (exact) mass is 436 g/mol. The van der Waals surface area contributed by atoms with E-state index in [1.54, 1.807) is 30.3 Å². The van der Waals surface area contributed by atoms with Gasteiger partial charge in [0, 0.05) is 15.7 Å². The molecule has 0 aromatic heterocycles. The minimum Gasteiger partial charge on any atom is -0.350 e. The van der Waals surface area contributed by atoms with Gasteiger partial charge in [0.1, 0.15) is 5.70 Å². The summed E-state index contributed by atoms with van der Waals surface area (Å²) >= 11 is 12.2. The largest absolute Gasteiger partial charge is 0.350 e. The predicted molar refractivity (Wildman–Crippen MR) is 120 cm³/mol. The van der Waals surface area contributed by atoms with Crippen LogP contribution in [-0.2, 0) is 16.1 Å². The summed E-state index contributed by atoms with van der Waals surface area (Å²) in [5.74, 6) is -0.739. The van der Waals surface area contributed by atoms with E-state index in [4.69, 9.17) is 23.2 Å². The highest BCUT2D eigenvalue weighted by molar-refractivity contribution is 6.37. The van der Waals surface area contributed by atoms with Crippen LogP contribution >= 0.6 is 23.2 Å². The molecule has 1 N–H and O–H groups in total. The van der Waals surface area contributed by atoms with E-state index in [0.717, 1.165) is 11.1 Å². The van der Waals surface area contributed by atoms with Crippen LogP contribution in [0.3, 0.4) is 0 Å². The average molecular weight is 437 g/mol. The lowest BCUT2D eigenvalue weighted by molar-refractivity contribution is -0.137. The molecule has 1 aliphatic heterocycles. The number of halogens is 2. The summed E-state index contributed by atoms with van der Waals surface area (Å²) < 4.78 is 0. The van der Waals surface area contributed by atoms with Crippen LogP contribution in [0.2, 0.25) is 10.0 Å². The molecule has 0 atom stereocenters. The topological polar surface area (TPSA) is 49.4 Å². The maximum atomic E-state index is 13.3. The molecule has 30 heavy (non-hydrogen) atoms. The van der Waals surface area contributed by atoms with Crippen molar-refractivity contribution < 1.29 is 9.59 Å². The molecule has 0 saturated heterocycles. The first-order valence-electron chi connectivity index (χ1n) is 9.37. The van der Waals surface area contributed by atoms with Gasteiger partial charge in [-0.3, -0.25) is 14.5 Å². The summed E-state index contributed by atoms with van der Waals surface area (Å²) in [7, 11) is 0. The molecule has 0 saturated carbocycles. The van der Waals surface area contributed by atoms with E-state index in [-0.39, 0.29) is 24.1 Å². The third kappa shape index (κ3) is 3.97. The number of rotatable bonds is 5. The standard InChI is InChI=1S/C24H18Cl2N2O2/c1-15-7-12-19(13-20(15)26)27-22-21(17-8-10-18(25)11-9-17)23(29)28(24(22)30)14-16-5-3-2-4-6-16/h2-13,27H,14H2,1H3. The van der Waals surface area contributed by atoms with Crippen molar-refractivity contribution in [1.82, 2.24) is 4.90 Å². The van der Waals surface area contributed by atoms with E-state index in [2.05, 4.69) is 5.32 Å². The van der Waals surface area contributed by atoms with Gasteiger partial charge in [-0.25, -0.2) is 0 Å². The van der Waals surface area contributed by atoms with Gasteiger partial charge in [0.2, 0.25) is 0 Å². The van der Waals surface area contributed by atoms with Crippen LogP contribution in [0.25, 0.3) is 5.57 Å². The zero-order valence-corrected chi connectivity index (χ0v) is 17.7. The first-order valence-corrected chi connectivity index (χ1v) is 10.1. The van der Waals surface area contributed by atoms with E-state index in [0.29, 0.717) is 26.9 Å². The number of hydrogen-bond acceptors (Lipinski definition) is 3. The third-order valence-electron chi connectivity index (χ3n) is 4.93. The van der Waals surface area contributed by atoms with Crippen LogP contribution in [0.15, 0.2) is 78.5 Å². The molecular formula is C24H18Cl2N2O2. The maximum Gasteiger partial charge on any atom is 0.278 e. The van der Waals surface area contributed by atoms with E-state index in [1.807, 2.05) is 49.4 Å². The number of hydrogen-bond donors (Lipinski definition) is 1. The summed E-state index contributed by atoms with van der Waals surface area (Å²) in [4.78, 5) is 27.8. The lowest BCUT2D eigenvalue weighted by Gasteiger charge is -2.15. The number of anilines is 1. The van der Waals surface area contributed by atoms with Gasteiger partial charge >= 0.3 is 0 Å². The van der Waals surface area contributed by atoms with Crippen molar-refractivity contribution in [2.24, 2.45) is 0 Å². The van der Waals surface area contributed by atoms with Crippen LogP contribution < -0.4 is 5.32 Å². The van der Waals surface area contributed by atoms with Crippen LogP contribution in [0.1, 0.15) is 16.7 Å². The van der Waals surface area contributed by atoms with Crippen molar-refractivity contribution in [3.05, 3.63) is 105 Å². The Kier molecular flexibility index (Phi) is 5.62. The van der Waals surface area contributed by atoms with Crippen molar-refractivity contribution in [1.29, 1.82) is 0 Å². The smallest absolute Gasteiger partial charge is 0.278 e. The van der Waals surface area contributed by atoms with Crippen LogP contribution in [-0.4, -0.2) is 16.7 Å². The zero-order valence-electron chi connectivity index (χ0n) is 16.2. The Bertz CT molecular complexity index is 1160. The van der Waals surface area contributed by atoms with Gasteiger partial charge in [-0.2, -0.15) is 0 Å². The van der Waals surface area contributed by atoms with Crippen molar-refractivity contribution in [2.75, 3.05) is 5.32 Å². The predicted octanol–water partition coefficient (Wildman–Crippen LogP) is 5.69. The maximum absolute atomic E-state index is 13.3. The molecule has 3 aromatic carbocycles. The first kappa shape index (κ1) is 20.2. The molecule has 1 heterocycles. The fraction of sp³-hybridized carbons (Fsp3) is 0.0833. The molecule has 0 aliphatic carbocycles. The lowest BCUT2D eigenvalue weighted by atomic mass is 10.0. The molecule has 4 nitrogen and oxygen atoms in total. The molecule has 2 amide bonds. The molecule has 0 fully saturated rings. The normalized spacial score (nSPS) is 13.9. The van der Waals surface area contributed by atoms with Gasteiger partial charge in [-0.05, 0) is 47.9 Å². The Balaban J connectivity index is 1.75. The molecular weight excluding hydrogens is 419 g/mol. The minimum absolute atomic E-state index is 0.190.